The molecular formula is C16H17N3O4. The molecule has 1 fully saturated rings. The second-order valence-electron chi connectivity index (χ2n) is 5.24. The van der Waals surface area contributed by atoms with E-state index >= 15 is 0 Å². The number of hydrogen-bond donors (Lipinski definition) is 1. The van der Waals surface area contributed by atoms with Crippen LogP contribution < -0.4 is 5.32 Å². The van der Waals surface area contributed by atoms with Gasteiger partial charge in [0, 0.05) is 25.2 Å². The molecule has 7 heteroatoms. The second kappa shape index (κ2) is 6.62. The van der Waals surface area contributed by atoms with Crippen LogP contribution in [-0.2, 0) is 9.53 Å². The minimum atomic E-state index is -0.364. The van der Waals surface area contributed by atoms with E-state index in [9.17, 15) is 9.59 Å². The van der Waals surface area contributed by atoms with Crippen molar-refractivity contribution in [1.29, 1.82) is 0 Å². The van der Waals surface area contributed by atoms with Crippen molar-refractivity contribution >= 4 is 17.5 Å². The molecule has 2 heterocycles. The number of hydrogen-bond acceptors (Lipinski definition) is 5. The van der Waals surface area contributed by atoms with Gasteiger partial charge in [-0.1, -0.05) is 23.4 Å². The molecule has 1 aromatic heterocycles. The summed E-state index contributed by atoms with van der Waals surface area (Å²) < 4.78 is 10.7. The van der Waals surface area contributed by atoms with Crippen LogP contribution in [0.3, 0.4) is 0 Å². The number of carbonyl (C=O) groups excluding carboxylic acids is 2. The number of morpholine rings is 1. The van der Waals surface area contributed by atoms with Crippen LogP contribution in [0.25, 0.3) is 0 Å². The average Bonchev–Trinajstić information content (AvgIpc) is 3.06. The molecule has 120 valence electrons. The van der Waals surface area contributed by atoms with Gasteiger partial charge in [-0.25, -0.2) is 0 Å². The monoisotopic (exact) mass is 315 g/mol. The fourth-order valence-electron chi connectivity index (χ4n) is 2.49. The maximum absolute atomic E-state index is 12.2. The lowest BCUT2D eigenvalue weighted by atomic mass is 10.1. The number of aromatic nitrogens is 1. The summed E-state index contributed by atoms with van der Waals surface area (Å²) in [6, 6.07) is 10.3. The van der Waals surface area contributed by atoms with Crippen molar-refractivity contribution in [3.8, 4) is 0 Å². The normalized spacial score (nSPS) is 17.8. The Morgan fingerprint density at radius 3 is 2.83 bits per heavy atom. The van der Waals surface area contributed by atoms with E-state index in [0.29, 0.717) is 31.2 Å². The predicted octanol–water partition coefficient (Wildman–Crippen LogP) is 1.85. The third-order valence-electron chi connectivity index (χ3n) is 3.65. The molecule has 0 saturated carbocycles. The molecule has 23 heavy (non-hydrogen) atoms. The van der Waals surface area contributed by atoms with Crippen LogP contribution in [-0.4, -0.2) is 41.6 Å². The summed E-state index contributed by atoms with van der Waals surface area (Å²) in [6.07, 6.45) is 0. The molecule has 0 spiro atoms. The van der Waals surface area contributed by atoms with Crippen LogP contribution in [0, 0.1) is 0 Å². The minimum Gasteiger partial charge on any atom is -0.377 e. The minimum absolute atomic E-state index is 0.0648. The van der Waals surface area contributed by atoms with Crippen LogP contribution >= 0.6 is 0 Å². The lowest BCUT2D eigenvalue weighted by molar-refractivity contribution is -0.138. The number of benzene rings is 1. The Morgan fingerprint density at radius 1 is 1.30 bits per heavy atom. The Balaban J connectivity index is 1.74. The molecular weight excluding hydrogens is 298 g/mol. The number of para-hydroxylation sites is 1. The predicted molar refractivity (Wildman–Crippen MR) is 81.8 cm³/mol. The zero-order chi connectivity index (χ0) is 16.2. The number of ether oxygens (including phenoxy) is 1. The lowest BCUT2D eigenvalue weighted by Gasteiger charge is -2.33. The van der Waals surface area contributed by atoms with E-state index < -0.39 is 0 Å². The molecule has 1 aliphatic heterocycles. The van der Waals surface area contributed by atoms with Gasteiger partial charge in [0.2, 0.25) is 5.91 Å². The SMILES string of the molecule is CC(=O)N1CCOCC1c1cc(C(=O)Nc2ccccc2)no1. The summed E-state index contributed by atoms with van der Waals surface area (Å²) in [4.78, 5) is 25.5. The smallest absolute Gasteiger partial charge is 0.277 e. The van der Waals surface area contributed by atoms with Crippen molar-refractivity contribution in [2.45, 2.75) is 13.0 Å². The number of amides is 2. The zero-order valence-electron chi connectivity index (χ0n) is 12.7. The first-order valence-electron chi connectivity index (χ1n) is 7.33. The highest BCUT2D eigenvalue weighted by molar-refractivity contribution is 6.02. The molecule has 1 aliphatic rings. The summed E-state index contributed by atoms with van der Waals surface area (Å²) >= 11 is 0. The van der Waals surface area contributed by atoms with Gasteiger partial charge in [0.25, 0.3) is 5.91 Å². The fraction of sp³-hybridized carbons (Fsp3) is 0.312. The van der Waals surface area contributed by atoms with E-state index in [1.807, 2.05) is 18.2 Å². The topological polar surface area (TPSA) is 84.7 Å². The van der Waals surface area contributed by atoms with Gasteiger partial charge in [-0.15, -0.1) is 0 Å². The van der Waals surface area contributed by atoms with E-state index in [4.69, 9.17) is 9.26 Å². The maximum atomic E-state index is 12.2. The average molecular weight is 315 g/mol. The summed E-state index contributed by atoms with van der Waals surface area (Å²) in [5.74, 6) is 0.0143. The summed E-state index contributed by atoms with van der Waals surface area (Å²) in [5.41, 5.74) is 0.839. The highest BCUT2D eigenvalue weighted by Gasteiger charge is 2.30. The Morgan fingerprint density at radius 2 is 2.09 bits per heavy atom. The van der Waals surface area contributed by atoms with E-state index in [1.165, 1.54) is 6.92 Å². The molecule has 3 rings (SSSR count). The number of nitrogens with zero attached hydrogens (tertiary/aromatic N) is 2. The van der Waals surface area contributed by atoms with Gasteiger partial charge in [0.05, 0.1) is 13.2 Å². The van der Waals surface area contributed by atoms with Gasteiger partial charge in [0.1, 0.15) is 6.04 Å². The van der Waals surface area contributed by atoms with E-state index in [0.717, 1.165) is 0 Å². The van der Waals surface area contributed by atoms with Crippen LogP contribution in [0.15, 0.2) is 40.9 Å². The standard InChI is InChI=1S/C16H17N3O4/c1-11(20)19-7-8-22-10-14(19)15-9-13(18-23-15)16(21)17-12-5-3-2-4-6-12/h2-6,9,14H,7-8,10H2,1H3,(H,17,21). The zero-order valence-corrected chi connectivity index (χ0v) is 12.7. The maximum Gasteiger partial charge on any atom is 0.277 e. The molecule has 1 saturated heterocycles. The summed E-state index contributed by atoms with van der Waals surface area (Å²) in [5, 5.41) is 6.54. The molecule has 1 unspecified atom stereocenters. The van der Waals surface area contributed by atoms with Gasteiger partial charge in [-0.05, 0) is 12.1 Å². The van der Waals surface area contributed by atoms with Crippen molar-refractivity contribution in [2.24, 2.45) is 0 Å². The molecule has 1 N–H and O–H groups in total. The summed E-state index contributed by atoms with van der Waals surface area (Å²) in [7, 11) is 0. The number of rotatable bonds is 3. The van der Waals surface area contributed by atoms with Gasteiger partial charge in [-0.3, -0.25) is 9.59 Å². The molecule has 2 aromatic rings. The Bertz CT molecular complexity index is 698. The first-order chi connectivity index (χ1) is 11.1. The Hall–Kier alpha value is -2.67. The molecule has 1 atom stereocenters. The molecule has 0 aliphatic carbocycles. The molecule has 7 nitrogen and oxygen atoms in total. The molecule has 1 aromatic carbocycles. The lowest BCUT2D eigenvalue weighted by Crippen LogP contribution is -2.42. The van der Waals surface area contributed by atoms with Crippen LogP contribution in [0.5, 0.6) is 0 Å². The Kier molecular flexibility index (Phi) is 4.38. The molecule has 0 radical (unpaired) electrons. The van der Waals surface area contributed by atoms with Gasteiger partial charge in [-0.2, -0.15) is 0 Å². The van der Waals surface area contributed by atoms with Crippen LogP contribution in [0.2, 0.25) is 0 Å². The first-order valence-corrected chi connectivity index (χ1v) is 7.33. The van der Waals surface area contributed by atoms with Crippen molar-refractivity contribution in [1.82, 2.24) is 10.1 Å². The van der Waals surface area contributed by atoms with E-state index in [-0.39, 0.29) is 23.6 Å². The third-order valence-corrected chi connectivity index (χ3v) is 3.65. The van der Waals surface area contributed by atoms with E-state index in [1.54, 1.807) is 23.1 Å². The molecule has 2 amide bonds. The van der Waals surface area contributed by atoms with Gasteiger partial charge < -0.3 is 19.5 Å². The van der Waals surface area contributed by atoms with Crippen molar-refractivity contribution in [3.63, 3.8) is 0 Å². The Labute approximate surface area is 133 Å². The quantitative estimate of drug-likeness (QED) is 0.934. The largest absolute Gasteiger partial charge is 0.377 e. The van der Waals surface area contributed by atoms with Crippen LogP contribution in [0.4, 0.5) is 5.69 Å². The van der Waals surface area contributed by atoms with Crippen molar-refractivity contribution in [2.75, 3.05) is 25.1 Å². The third kappa shape index (κ3) is 3.40. The van der Waals surface area contributed by atoms with Crippen molar-refractivity contribution in [3.05, 3.63) is 47.9 Å². The van der Waals surface area contributed by atoms with Crippen molar-refractivity contribution < 1.29 is 18.8 Å². The van der Waals surface area contributed by atoms with Crippen LogP contribution in [0.1, 0.15) is 29.2 Å². The van der Waals surface area contributed by atoms with Gasteiger partial charge in [0.15, 0.2) is 11.5 Å². The van der Waals surface area contributed by atoms with E-state index in [2.05, 4.69) is 10.5 Å². The summed E-state index contributed by atoms with van der Waals surface area (Å²) in [6.45, 7) is 2.81. The fourth-order valence-corrected chi connectivity index (χ4v) is 2.49. The van der Waals surface area contributed by atoms with Gasteiger partial charge >= 0.3 is 0 Å². The molecule has 0 bridgehead atoms. The highest BCUT2D eigenvalue weighted by Crippen LogP contribution is 2.25. The second-order valence-corrected chi connectivity index (χ2v) is 5.24. The number of nitrogens with one attached hydrogen (secondary N) is 1. The first kappa shape index (κ1) is 15.2. The number of carbonyl (C=O) groups is 2. The highest BCUT2D eigenvalue weighted by atomic mass is 16.5. The number of anilines is 1.